The Balaban J connectivity index is 1.49. The maximum Gasteiger partial charge on any atom is 0.326 e. The zero-order valence-electron chi connectivity index (χ0n) is 25.1. The fourth-order valence-corrected chi connectivity index (χ4v) is 5.12. The number of aromatic nitrogens is 1. The summed E-state index contributed by atoms with van der Waals surface area (Å²) in [6.07, 6.45) is 1.65. The van der Waals surface area contributed by atoms with E-state index in [-0.39, 0.29) is 32.1 Å². The van der Waals surface area contributed by atoms with Gasteiger partial charge in [-0.25, -0.2) is 4.79 Å². The van der Waals surface area contributed by atoms with E-state index in [2.05, 4.69) is 20.9 Å². The Labute approximate surface area is 265 Å². The van der Waals surface area contributed by atoms with E-state index in [1.54, 1.807) is 66.9 Å². The molecule has 0 spiro atoms. The van der Waals surface area contributed by atoms with Gasteiger partial charge in [0, 0.05) is 36.4 Å². The molecule has 46 heavy (non-hydrogen) atoms. The van der Waals surface area contributed by atoms with Gasteiger partial charge in [-0.2, -0.15) is 0 Å². The lowest BCUT2D eigenvalue weighted by Gasteiger charge is -2.25. The molecule has 4 atom stereocenters. The Morgan fingerprint density at radius 3 is 1.80 bits per heavy atom. The Morgan fingerprint density at radius 2 is 1.20 bits per heavy atom. The average Bonchev–Trinajstić information content (AvgIpc) is 3.45. The molecule has 0 aliphatic rings. The van der Waals surface area contributed by atoms with Crippen molar-refractivity contribution >= 4 is 40.5 Å². The minimum absolute atomic E-state index is 0.0273. The molecule has 12 heteroatoms. The van der Waals surface area contributed by atoms with Crippen LogP contribution in [-0.4, -0.2) is 63.9 Å². The molecule has 0 aliphatic heterocycles. The molecule has 4 aromatic rings. The number of para-hydroxylation sites is 1. The van der Waals surface area contributed by atoms with Gasteiger partial charge in [-0.05, 0) is 35.6 Å². The molecule has 1 aromatic heterocycles. The van der Waals surface area contributed by atoms with Crippen molar-refractivity contribution in [1.29, 1.82) is 0 Å². The van der Waals surface area contributed by atoms with Gasteiger partial charge in [0.15, 0.2) is 0 Å². The Hall–Kier alpha value is -5.49. The summed E-state index contributed by atoms with van der Waals surface area (Å²) in [5.41, 5.74) is 14.7. The fraction of sp³-hybridized carbons (Fsp3) is 0.265. The summed E-state index contributed by atoms with van der Waals surface area (Å²) in [6, 6.07) is 20.5. The summed E-state index contributed by atoms with van der Waals surface area (Å²) >= 11 is 0. The maximum atomic E-state index is 13.6. The molecular formula is C34H38N6O6. The van der Waals surface area contributed by atoms with Gasteiger partial charge in [-0.15, -0.1) is 0 Å². The highest BCUT2D eigenvalue weighted by atomic mass is 16.4. The summed E-state index contributed by atoms with van der Waals surface area (Å²) in [5, 5.41) is 18.6. The third kappa shape index (κ3) is 9.50. The zero-order chi connectivity index (χ0) is 33.1. The van der Waals surface area contributed by atoms with E-state index in [0.717, 1.165) is 16.5 Å². The molecule has 4 amide bonds. The molecule has 0 saturated carbocycles. The average molecular weight is 627 g/mol. The number of aliphatic carboxylic acids is 1. The smallest absolute Gasteiger partial charge is 0.326 e. The highest BCUT2D eigenvalue weighted by Crippen LogP contribution is 2.19. The first-order valence-electron chi connectivity index (χ1n) is 14.9. The lowest BCUT2D eigenvalue weighted by Crippen LogP contribution is -2.58. The van der Waals surface area contributed by atoms with Crippen molar-refractivity contribution in [2.24, 2.45) is 11.5 Å². The van der Waals surface area contributed by atoms with Crippen molar-refractivity contribution in [2.75, 3.05) is 0 Å². The predicted octanol–water partition coefficient (Wildman–Crippen LogP) is 1.33. The second-order valence-electron chi connectivity index (χ2n) is 11.1. The molecule has 0 radical (unpaired) electrons. The number of primary amides is 1. The van der Waals surface area contributed by atoms with Crippen LogP contribution in [0.25, 0.3) is 10.9 Å². The summed E-state index contributed by atoms with van der Waals surface area (Å²) in [5.74, 6) is -4.03. The van der Waals surface area contributed by atoms with Gasteiger partial charge < -0.3 is 37.5 Å². The van der Waals surface area contributed by atoms with Crippen molar-refractivity contribution in [3.63, 3.8) is 0 Å². The number of hydrogen-bond acceptors (Lipinski definition) is 6. The third-order valence-electron chi connectivity index (χ3n) is 7.58. The van der Waals surface area contributed by atoms with Crippen LogP contribution in [0.3, 0.4) is 0 Å². The SMILES string of the molecule is NC(=O)CCC(NC(=O)C(N)Cc1c[nH]c2ccccc12)C(=O)NC(Cc1ccccc1)C(=O)NC(Cc1ccccc1)C(=O)O. The molecule has 9 N–H and O–H groups in total. The van der Waals surface area contributed by atoms with E-state index in [9.17, 15) is 29.1 Å². The van der Waals surface area contributed by atoms with Gasteiger partial charge in [-0.1, -0.05) is 78.9 Å². The van der Waals surface area contributed by atoms with Crippen molar-refractivity contribution in [3.8, 4) is 0 Å². The lowest BCUT2D eigenvalue weighted by molar-refractivity contribution is -0.142. The molecule has 240 valence electrons. The van der Waals surface area contributed by atoms with Gasteiger partial charge >= 0.3 is 5.97 Å². The number of hydrogen-bond donors (Lipinski definition) is 7. The number of aromatic amines is 1. The van der Waals surface area contributed by atoms with Crippen LogP contribution in [0.5, 0.6) is 0 Å². The van der Waals surface area contributed by atoms with Crippen LogP contribution in [0.1, 0.15) is 29.5 Å². The molecular weight excluding hydrogens is 588 g/mol. The van der Waals surface area contributed by atoms with Crippen LogP contribution >= 0.6 is 0 Å². The number of fused-ring (bicyclic) bond motifs is 1. The van der Waals surface area contributed by atoms with Crippen LogP contribution in [0.4, 0.5) is 0 Å². The number of benzene rings is 3. The maximum absolute atomic E-state index is 13.6. The standard InChI is InChI=1S/C34H38N6O6/c35-25(19-23-20-37-26-14-8-7-13-24(23)26)31(42)38-27(15-16-30(36)41)32(43)39-28(17-21-9-3-1-4-10-21)33(44)40-29(34(45)46)18-22-11-5-2-6-12-22/h1-14,20,25,27-29,37H,15-19,35H2,(H2,36,41)(H,38,42)(H,39,43)(H,40,44)(H,45,46). The molecule has 0 saturated heterocycles. The highest BCUT2D eigenvalue weighted by molar-refractivity contribution is 5.95. The van der Waals surface area contributed by atoms with E-state index >= 15 is 0 Å². The number of amides is 4. The Bertz CT molecular complexity index is 1660. The quantitative estimate of drug-likeness (QED) is 0.0969. The van der Waals surface area contributed by atoms with E-state index < -0.39 is 53.8 Å². The van der Waals surface area contributed by atoms with Gasteiger partial charge in [0.05, 0.1) is 6.04 Å². The first-order chi connectivity index (χ1) is 22.1. The van der Waals surface area contributed by atoms with Crippen molar-refractivity contribution in [1.82, 2.24) is 20.9 Å². The normalized spacial score (nSPS) is 13.6. The van der Waals surface area contributed by atoms with Crippen LogP contribution in [-0.2, 0) is 43.2 Å². The van der Waals surface area contributed by atoms with E-state index in [1.807, 2.05) is 24.3 Å². The number of carbonyl (C=O) groups is 5. The Kier molecular flexibility index (Phi) is 11.6. The van der Waals surface area contributed by atoms with E-state index in [0.29, 0.717) is 11.1 Å². The van der Waals surface area contributed by atoms with Crippen molar-refractivity contribution < 1.29 is 29.1 Å². The molecule has 12 nitrogen and oxygen atoms in total. The number of nitrogens with one attached hydrogen (secondary N) is 4. The molecule has 3 aromatic carbocycles. The summed E-state index contributed by atoms with van der Waals surface area (Å²) < 4.78 is 0. The van der Waals surface area contributed by atoms with Gasteiger partial charge in [0.1, 0.15) is 18.1 Å². The van der Waals surface area contributed by atoms with Crippen LogP contribution in [0, 0.1) is 0 Å². The number of carboxylic acids is 1. The molecule has 4 rings (SSSR count). The largest absolute Gasteiger partial charge is 0.480 e. The summed E-state index contributed by atoms with van der Waals surface area (Å²) in [7, 11) is 0. The predicted molar refractivity (Wildman–Crippen MR) is 172 cm³/mol. The molecule has 1 heterocycles. The van der Waals surface area contributed by atoms with E-state index in [4.69, 9.17) is 11.5 Å². The first-order valence-corrected chi connectivity index (χ1v) is 14.9. The third-order valence-corrected chi connectivity index (χ3v) is 7.58. The van der Waals surface area contributed by atoms with Crippen LogP contribution in [0.15, 0.2) is 91.1 Å². The lowest BCUT2D eigenvalue weighted by atomic mass is 10.0. The van der Waals surface area contributed by atoms with Gasteiger partial charge in [-0.3, -0.25) is 19.2 Å². The second-order valence-corrected chi connectivity index (χ2v) is 11.1. The van der Waals surface area contributed by atoms with E-state index in [1.165, 1.54) is 0 Å². The number of rotatable bonds is 16. The minimum Gasteiger partial charge on any atom is -0.480 e. The van der Waals surface area contributed by atoms with Crippen LogP contribution < -0.4 is 27.4 Å². The monoisotopic (exact) mass is 626 g/mol. The number of nitrogens with two attached hydrogens (primary N) is 2. The Morgan fingerprint density at radius 1 is 0.674 bits per heavy atom. The molecule has 4 unspecified atom stereocenters. The summed E-state index contributed by atoms with van der Waals surface area (Å²) in [4.78, 5) is 67.1. The van der Waals surface area contributed by atoms with Crippen molar-refractivity contribution in [2.45, 2.75) is 56.3 Å². The zero-order valence-corrected chi connectivity index (χ0v) is 25.1. The fourth-order valence-electron chi connectivity index (χ4n) is 5.12. The number of carbonyl (C=O) groups excluding carboxylic acids is 4. The topological polar surface area (TPSA) is 209 Å². The number of carboxylic acid groups (broad SMARTS) is 1. The second kappa shape index (κ2) is 16.0. The molecule has 0 fully saturated rings. The first kappa shape index (κ1) is 33.4. The molecule has 0 bridgehead atoms. The van der Waals surface area contributed by atoms with Crippen molar-refractivity contribution in [3.05, 3.63) is 108 Å². The number of H-pyrrole nitrogens is 1. The molecule has 0 aliphatic carbocycles. The highest BCUT2D eigenvalue weighted by Gasteiger charge is 2.31. The van der Waals surface area contributed by atoms with Gasteiger partial charge in [0.25, 0.3) is 0 Å². The van der Waals surface area contributed by atoms with Gasteiger partial charge in [0.2, 0.25) is 23.6 Å². The minimum atomic E-state index is -1.27. The van der Waals surface area contributed by atoms with Crippen LogP contribution in [0.2, 0.25) is 0 Å². The summed E-state index contributed by atoms with van der Waals surface area (Å²) in [6.45, 7) is 0.